The summed E-state index contributed by atoms with van der Waals surface area (Å²) in [6.45, 7) is -0.345. The van der Waals surface area contributed by atoms with E-state index in [1.54, 1.807) is 12.1 Å². The van der Waals surface area contributed by atoms with Crippen molar-refractivity contribution in [2.45, 2.75) is 42.8 Å². The number of ether oxygens (including phenoxy) is 1. The van der Waals surface area contributed by atoms with Crippen LogP contribution in [0.3, 0.4) is 0 Å². The van der Waals surface area contributed by atoms with Gasteiger partial charge in [-0.3, -0.25) is 0 Å². The monoisotopic (exact) mass is 487 g/mol. The van der Waals surface area contributed by atoms with Gasteiger partial charge in [0.25, 0.3) is 0 Å². The highest BCUT2D eigenvalue weighted by Gasteiger charge is 2.48. The van der Waals surface area contributed by atoms with Crippen LogP contribution in [0, 0.1) is 11.3 Å². The lowest BCUT2D eigenvalue weighted by atomic mass is 9.90. The summed E-state index contributed by atoms with van der Waals surface area (Å²) in [5, 5.41) is 39.2. The molecule has 33 heavy (non-hydrogen) atoms. The van der Waals surface area contributed by atoms with Crippen molar-refractivity contribution in [1.29, 1.82) is 5.26 Å². The molecule has 3 N–H and O–H groups in total. The predicted molar refractivity (Wildman–Crippen MR) is 107 cm³/mol. The van der Waals surface area contributed by atoms with Crippen LogP contribution in [0.1, 0.15) is 34.8 Å². The fourth-order valence-electron chi connectivity index (χ4n) is 3.45. The van der Waals surface area contributed by atoms with E-state index in [4.69, 9.17) is 4.74 Å². The molecule has 0 aliphatic carbocycles. The maximum atomic E-state index is 12.5. The minimum Gasteiger partial charge on any atom is -0.394 e. The second-order valence-corrected chi connectivity index (χ2v) is 9.03. The number of hydrogen-bond acceptors (Lipinski definition) is 8. The lowest BCUT2D eigenvalue weighted by molar-refractivity contribution is -0.179. The molecule has 0 amide bonds. The van der Waals surface area contributed by atoms with E-state index in [9.17, 15) is 42.2 Å². The molecule has 2 aromatic carbocycles. The number of aliphatic hydroxyl groups excluding tert-OH is 3. The average molecular weight is 487 g/mol. The van der Waals surface area contributed by atoms with Gasteiger partial charge in [-0.1, -0.05) is 24.3 Å². The van der Waals surface area contributed by atoms with E-state index in [2.05, 4.69) is 4.18 Å². The molecule has 12 heteroatoms. The summed E-state index contributed by atoms with van der Waals surface area (Å²) in [4.78, 5) is 0. The molecule has 1 saturated heterocycles. The Labute approximate surface area is 187 Å². The van der Waals surface area contributed by atoms with Crippen molar-refractivity contribution in [3.8, 4) is 11.8 Å². The minimum atomic E-state index is -5.79. The van der Waals surface area contributed by atoms with Crippen LogP contribution in [-0.4, -0.2) is 54.2 Å². The number of aliphatic hydroxyl groups is 3. The molecule has 0 saturated carbocycles. The van der Waals surface area contributed by atoms with E-state index in [1.165, 1.54) is 18.2 Å². The van der Waals surface area contributed by atoms with Crippen molar-refractivity contribution in [1.82, 2.24) is 0 Å². The molecule has 178 valence electrons. The van der Waals surface area contributed by atoms with Crippen LogP contribution in [-0.2, 0) is 21.3 Å². The number of benzene rings is 2. The Balaban J connectivity index is 1.83. The molecule has 0 aromatic heterocycles. The molecule has 1 aliphatic rings. The van der Waals surface area contributed by atoms with E-state index >= 15 is 0 Å². The fourth-order valence-corrected chi connectivity index (χ4v) is 3.91. The molecule has 0 spiro atoms. The highest BCUT2D eigenvalue weighted by molar-refractivity contribution is 7.88. The van der Waals surface area contributed by atoms with Crippen LogP contribution in [0.2, 0.25) is 0 Å². The zero-order valence-electron chi connectivity index (χ0n) is 16.9. The summed E-state index contributed by atoms with van der Waals surface area (Å²) in [6, 6.07) is 11.5. The SMILES string of the molecule is N#Cc1ccc(C2OC(CO)CC(O)C2O)cc1Cc1ccc(OS(=O)(=O)C(F)(F)F)cc1. The van der Waals surface area contributed by atoms with Crippen molar-refractivity contribution in [2.75, 3.05) is 6.61 Å². The average Bonchev–Trinajstić information content (AvgIpc) is 2.76. The van der Waals surface area contributed by atoms with Gasteiger partial charge < -0.3 is 24.2 Å². The Kier molecular flexibility index (Phi) is 7.30. The van der Waals surface area contributed by atoms with E-state index in [1.807, 2.05) is 6.07 Å². The van der Waals surface area contributed by atoms with Crippen LogP contribution < -0.4 is 4.18 Å². The summed E-state index contributed by atoms with van der Waals surface area (Å²) < 4.78 is 69.3. The second kappa shape index (κ2) is 9.66. The summed E-state index contributed by atoms with van der Waals surface area (Å²) in [5.74, 6) is -0.520. The van der Waals surface area contributed by atoms with Gasteiger partial charge in [-0.15, -0.1) is 0 Å². The zero-order chi connectivity index (χ0) is 24.4. The minimum absolute atomic E-state index is 0.0653. The van der Waals surface area contributed by atoms with E-state index < -0.39 is 45.8 Å². The van der Waals surface area contributed by atoms with Gasteiger partial charge >= 0.3 is 15.6 Å². The van der Waals surface area contributed by atoms with Gasteiger partial charge in [0.2, 0.25) is 0 Å². The van der Waals surface area contributed by atoms with Crippen molar-refractivity contribution < 1.29 is 45.8 Å². The number of alkyl halides is 3. The van der Waals surface area contributed by atoms with Gasteiger partial charge in [-0.2, -0.15) is 26.9 Å². The number of nitriles is 1. The summed E-state index contributed by atoms with van der Waals surface area (Å²) in [7, 11) is -5.79. The van der Waals surface area contributed by atoms with Crippen LogP contribution in [0.25, 0.3) is 0 Å². The third-order valence-electron chi connectivity index (χ3n) is 5.14. The number of halogens is 3. The highest BCUT2D eigenvalue weighted by Crippen LogP contribution is 2.33. The number of hydrogen-bond donors (Lipinski definition) is 3. The maximum Gasteiger partial charge on any atom is 0.534 e. The molecule has 1 aliphatic heterocycles. The Morgan fingerprint density at radius 1 is 1.15 bits per heavy atom. The van der Waals surface area contributed by atoms with E-state index in [0.717, 1.165) is 12.1 Å². The summed E-state index contributed by atoms with van der Waals surface area (Å²) in [5.41, 5.74) is -3.75. The van der Waals surface area contributed by atoms with Gasteiger partial charge in [-0.05, 0) is 41.3 Å². The van der Waals surface area contributed by atoms with E-state index in [0.29, 0.717) is 22.3 Å². The van der Waals surface area contributed by atoms with Crippen molar-refractivity contribution in [3.63, 3.8) is 0 Å². The molecule has 1 heterocycles. The lowest BCUT2D eigenvalue weighted by Gasteiger charge is -2.37. The topological polar surface area (TPSA) is 137 Å². The summed E-state index contributed by atoms with van der Waals surface area (Å²) in [6.07, 6.45) is -3.76. The Hall–Kier alpha value is -2.69. The van der Waals surface area contributed by atoms with Crippen LogP contribution in [0.15, 0.2) is 42.5 Å². The third-order valence-corrected chi connectivity index (χ3v) is 6.12. The Bertz CT molecular complexity index is 1130. The first-order valence-corrected chi connectivity index (χ1v) is 11.1. The molecular formula is C21H20F3NO7S. The first kappa shape index (κ1) is 24.9. The van der Waals surface area contributed by atoms with Gasteiger partial charge in [0, 0.05) is 6.42 Å². The Morgan fingerprint density at radius 2 is 1.82 bits per heavy atom. The van der Waals surface area contributed by atoms with Crippen molar-refractivity contribution >= 4 is 10.1 Å². The summed E-state index contributed by atoms with van der Waals surface area (Å²) >= 11 is 0. The van der Waals surface area contributed by atoms with Crippen LogP contribution in [0.4, 0.5) is 13.2 Å². The molecule has 3 rings (SSSR count). The van der Waals surface area contributed by atoms with Crippen LogP contribution in [0.5, 0.6) is 5.75 Å². The predicted octanol–water partition coefficient (Wildman–Crippen LogP) is 1.92. The largest absolute Gasteiger partial charge is 0.534 e. The fraction of sp³-hybridized carbons (Fsp3) is 0.381. The zero-order valence-corrected chi connectivity index (χ0v) is 17.8. The molecule has 0 bridgehead atoms. The first-order chi connectivity index (χ1) is 15.4. The molecule has 1 fully saturated rings. The molecule has 4 atom stereocenters. The van der Waals surface area contributed by atoms with E-state index in [-0.39, 0.29) is 19.4 Å². The molecule has 8 nitrogen and oxygen atoms in total. The van der Waals surface area contributed by atoms with Gasteiger partial charge in [0.15, 0.2) is 0 Å². The lowest BCUT2D eigenvalue weighted by Crippen LogP contribution is -2.44. The first-order valence-electron chi connectivity index (χ1n) is 9.70. The van der Waals surface area contributed by atoms with Gasteiger partial charge in [-0.25, -0.2) is 0 Å². The molecule has 0 radical (unpaired) electrons. The second-order valence-electron chi connectivity index (χ2n) is 7.49. The third kappa shape index (κ3) is 5.63. The molecule has 4 unspecified atom stereocenters. The molecule has 2 aromatic rings. The number of rotatable bonds is 6. The smallest absolute Gasteiger partial charge is 0.394 e. The quantitative estimate of drug-likeness (QED) is 0.415. The van der Waals surface area contributed by atoms with Crippen molar-refractivity contribution in [2.24, 2.45) is 0 Å². The van der Waals surface area contributed by atoms with Gasteiger partial charge in [0.1, 0.15) is 18.0 Å². The van der Waals surface area contributed by atoms with Gasteiger partial charge in [0.05, 0.1) is 30.4 Å². The normalized spacial score (nSPS) is 23.7. The van der Waals surface area contributed by atoms with Crippen LogP contribution >= 0.6 is 0 Å². The maximum absolute atomic E-state index is 12.5. The standard InChI is InChI=1S/C21H20F3NO7S/c22-21(23,24)33(29,30)32-16-5-1-12(2-6-16)7-15-8-13(3-4-14(15)10-25)20-19(28)18(27)9-17(11-26)31-20/h1-6,8,17-20,26-28H,7,9,11H2. The highest BCUT2D eigenvalue weighted by atomic mass is 32.2. The Morgan fingerprint density at radius 3 is 2.39 bits per heavy atom. The van der Waals surface area contributed by atoms with Crippen molar-refractivity contribution in [3.05, 3.63) is 64.7 Å². The molecular weight excluding hydrogens is 467 g/mol. The number of nitrogens with zero attached hydrogens (tertiary/aromatic N) is 1.